The highest BCUT2D eigenvalue weighted by Crippen LogP contribution is 2.18. The minimum absolute atomic E-state index is 0.157. The molecule has 0 aromatic rings. The molecule has 0 amide bonds. The third-order valence-electron chi connectivity index (χ3n) is 2.93. The van der Waals surface area contributed by atoms with Crippen molar-refractivity contribution >= 4 is 0 Å². The van der Waals surface area contributed by atoms with E-state index in [1.165, 1.54) is 6.42 Å². The van der Waals surface area contributed by atoms with Crippen LogP contribution in [0.15, 0.2) is 0 Å². The Morgan fingerprint density at radius 2 is 2.07 bits per heavy atom. The fourth-order valence-corrected chi connectivity index (χ4v) is 2.03. The second-order valence-electron chi connectivity index (χ2n) is 4.40. The fraction of sp³-hybridized carbons (Fsp3) is 1.00. The van der Waals surface area contributed by atoms with Crippen LogP contribution >= 0.6 is 0 Å². The summed E-state index contributed by atoms with van der Waals surface area (Å²) < 4.78 is 0. The van der Waals surface area contributed by atoms with E-state index in [0.29, 0.717) is 0 Å². The van der Waals surface area contributed by atoms with E-state index in [1.807, 2.05) is 6.92 Å². The number of hydrogen-bond donors (Lipinski definition) is 3. The molecular formula is C11H23NO2. The predicted molar refractivity (Wildman–Crippen MR) is 57.2 cm³/mol. The predicted octanol–water partition coefficient (Wildman–Crippen LogP) is 1.04. The van der Waals surface area contributed by atoms with Gasteiger partial charge in [0.15, 0.2) is 0 Å². The highest BCUT2D eigenvalue weighted by Gasteiger charge is 2.21. The van der Waals surface area contributed by atoms with Crippen LogP contribution < -0.4 is 5.32 Å². The van der Waals surface area contributed by atoms with Gasteiger partial charge in [0.05, 0.1) is 12.2 Å². The van der Waals surface area contributed by atoms with Crippen molar-refractivity contribution in [2.45, 2.75) is 63.7 Å². The van der Waals surface area contributed by atoms with Crippen molar-refractivity contribution in [3.05, 3.63) is 0 Å². The Balaban J connectivity index is 2.04. The van der Waals surface area contributed by atoms with Gasteiger partial charge >= 0.3 is 0 Å². The molecule has 3 nitrogen and oxygen atoms in total. The van der Waals surface area contributed by atoms with Gasteiger partial charge in [0.1, 0.15) is 0 Å². The molecule has 3 N–H and O–H groups in total. The van der Waals surface area contributed by atoms with Gasteiger partial charge in [0, 0.05) is 6.04 Å². The molecule has 3 heteroatoms. The van der Waals surface area contributed by atoms with E-state index >= 15 is 0 Å². The van der Waals surface area contributed by atoms with E-state index in [0.717, 1.165) is 38.6 Å². The third kappa shape index (κ3) is 4.40. The summed E-state index contributed by atoms with van der Waals surface area (Å²) in [5, 5.41) is 22.1. The molecule has 0 aromatic carbocycles. The number of nitrogens with one attached hydrogen (secondary N) is 1. The lowest BCUT2D eigenvalue weighted by Gasteiger charge is -2.28. The second kappa shape index (κ2) is 6.38. The minimum Gasteiger partial charge on any atom is -0.393 e. The van der Waals surface area contributed by atoms with Crippen LogP contribution in [0.5, 0.6) is 0 Å². The highest BCUT2D eigenvalue weighted by atomic mass is 16.3. The zero-order valence-corrected chi connectivity index (χ0v) is 9.08. The molecule has 0 spiro atoms. The number of aliphatic hydroxyl groups excluding tert-OH is 2. The van der Waals surface area contributed by atoms with E-state index in [1.54, 1.807) is 0 Å². The number of aliphatic hydroxyl groups is 2. The maximum atomic E-state index is 9.67. The Morgan fingerprint density at radius 3 is 2.71 bits per heavy atom. The van der Waals surface area contributed by atoms with Crippen LogP contribution in [0.1, 0.15) is 45.4 Å². The number of rotatable bonds is 5. The zero-order valence-electron chi connectivity index (χ0n) is 9.08. The minimum atomic E-state index is -0.201. The third-order valence-corrected chi connectivity index (χ3v) is 2.93. The molecule has 0 aliphatic heterocycles. The van der Waals surface area contributed by atoms with Crippen molar-refractivity contribution in [1.82, 2.24) is 5.32 Å². The Bertz CT molecular complexity index is 150. The lowest BCUT2D eigenvalue weighted by molar-refractivity contribution is 0.0901. The average molecular weight is 201 g/mol. The fourth-order valence-electron chi connectivity index (χ4n) is 2.03. The second-order valence-corrected chi connectivity index (χ2v) is 4.40. The molecule has 0 bridgehead atoms. The smallest absolute Gasteiger partial charge is 0.0693 e. The van der Waals surface area contributed by atoms with Crippen LogP contribution in [0.4, 0.5) is 0 Å². The molecule has 0 radical (unpaired) electrons. The summed E-state index contributed by atoms with van der Waals surface area (Å²) in [5.41, 5.74) is 0. The molecule has 0 heterocycles. The summed E-state index contributed by atoms with van der Waals surface area (Å²) >= 11 is 0. The monoisotopic (exact) mass is 201 g/mol. The average Bonchev–Trinajstić information content (AvgIpc) is 2.15. The maximum Gasteiger partial charge on any atom is 0.0693 e. The van der Waals surface area contributed by atoms with E-state index in [-0.39, 0.29) is 18.2 Å². The largest absolute Gasteiger partial charge is 0.393 e. The molecule has 1 saturated carbocycles. The van der Waals surface area contributed by atoms with Crippen LogP contribution in [0.3, 0.4) is 0 Å². The summed E-state index contributed by atoms with van der Waals surface area (Å²) in [4.78, 5) is 0. The van der Waals surface area contributed by atoms with Crippen LogP contribution in [0.25, 0.3) is 0 Å². The maximum absolute atomic E-state index is 9.67. The van der Waals surface area contributed by atoms with Crippen molar-refractivity contribution in [2.75, 3.05) is 6.54 Å². The molecule has 1 aliphatic rings. The Kier molecular flexibility index (Phi) is 5.45. The Morgan fingerprint density at radius 1 is 1.36 bits per heavy atom. The Labute approximate surface area is 86.5 Å². The van der Waals surface area contributed by atoms with Gasteiger partial charge in [-0.25, -0.2) is 0 Å². The first kappa shape index (κ1) is 12.0. The van der Waals surface area contributed by atoms with Gasteiger partial charge in [-0.1, -0.05) is 12.8 Å². The summed E-state index contributed by atoms with van der Waals surface area (Å²) in [6.45, 7) is 2.72. The molecule has 14 heavy (non-hydrogen) atoms. The Hall–Kier alpha value is -0.120. The first-order chi connectivity index (χ1) is 6.70. The highest BCUT2D eigenvalue weighted by molar-refractivity contribution is 4.80. The van der Waals surface area contributed by atoms with Crippen molar-refractivity contribution in [3.8, 4) is 0 Å². The SMILES string of the molecule is CC(O)CCCN[C@H]1CCCC[C@@H]1O. The molecule has 1 aliphatic carbocycles. The van der Waals surface area contributed by atoms with Crippen molar-refractivity contribution < 1.29 is 10.2 Å². The van der Waals surface area contributed by atoms with Gasteiger partial charge in [0.25, 0.3) is 0 Å². The normalized spacial score (nSPS) is 30.2. The van der Waals surface area contributed by atoms with Crippen LogP contribution in [0.2, 0.25) is 0 Å². The van der Waals surface area contributed by atoms with Gasteiger partial charge in [-0.05, 0) is 39.2 Å². The molecule has 1 rings (SSSR count). The quantitative estimate of drug-likeness (QED) is 0.583. The van der Waals surface area contributed by atoms with Crippen molar-refractivity contribution in [3.63, 3.8) is 0 Å². The lowest BCUT2D eigenvalue weighted by Crippen LogP contribution is -2.42. The zero-order chi connectivity index (χ0) is 10.4. The molecule has 1 unspecified atom stereocenters. The van der Waals surface area contributed by atoms with Gasteiger partial charge in [-0.2, -0.15) is 0 Å². The molecule has 1 fully saturated rings. The van der Waals surface area contributed by atoms with Gasteiger partial charge in [-0.3, -0.25) is 0 Å². The number of hydrogen-bond acceptors (Lipinski definition) is 3. The van der Waals surface area contributed by atoms with E-state index in [4.69, 9.17) is 5.11 Å². The summed E-state index contributed by atoms with van der Waals surface area (Å²) in [6.07, 6.45) is 5.89. The van der Waals surface area contributed by atoms with Crippen molar-refractivity contribution in [2.24, 2.45) is 0 Å². The molecular weight excluding hydrogens is 178 g/mol. The van der Waals surface area contributed by atoms with Gasteiger partial charge in [-0.15, -0.1) is 0 Å². The van der Waals surface area contributed by atoms with Crippen LogP contribution in [-0.4, -0.2) is 35.0 Å². The summed E-state index contributed by atoms with van der Waals surface area (Å²) in [5.74, 6) is 0. The molecule has 84 valence electrons. The first-order valence-corrected chi connectivity index (χ1v) is 5.79. The first-order valence-electron chi connectivity index (χ1n) is 5.79. The standard InChI is InChI=1S/C11H23NO2/c1-9(13)5-4-8-12-10-6-2-3-7-11(10)14/h9-14H,2-8H2,1H3/t9?,10-,11-/m0/s1. The van der Waals surface area contributed by atoms with Crippen LogP contribution in [-0.2, 0) is 0 Å². The topological polar surface area (TPSA) is 52.5 Å². The van der Waals surface area contributed by atoms with Crippen LogP contribution in [0, 0.1) is 0 Å². The molecule has 0 saturated heterocycles. The van der Waals surface area contributed by atoms with Gasteiger partial charge < -0.3 is 15.5 Å². The van der Waals surface area contributed by atoms with Crippen molar-refractivity contribution in [1.29, 1.82) is 0 Å². The lowest BCUT2D eigenvalue weighted by atomic mass is 9.92. The summed E-state index contributed by atoms with van der Waals surface area (Å²) in [6, 6.07) is 0.290. The van der Waals surface area contributed by atoms with Gasteiger partial charge in [0.2, 0.25) is 0 Å². The molecule has 3 atom stereocenters. The van der Waals surface area contributed by atoms with E-state index in [2.05, 4.69) is 5.32 Å². The van der Waals surface area contributed by atoms with E-state index in [9.17, 15) is 5.11 Å². The molecule has 0 aromatic heterocycles. The van der Waals surface area contributed by atoms with E-state index < -0.39 is 0 Å². The summed E-state index contributed by atoms with van der Waals surface area (Å²) in [7, 11) is 0.